The van der Waals surface area contributed by atoms with Gasteiger partial charge in [0.2, 0.25) is 0 Å². The summed E-state index contributed by atoms with van der Waals surface area (Å²) < 4.78 is 13.2. The minimum Gasteiger partial charge on any atom is -0.388 e. The average molecular weight is 187 g/mol. The molecule has 0 fully saturated rings. The van der Waals surface area contributed by atoms with E-state index in [-0.39, 0.29) is 10.8 Å². The van der Waals surface area contributed by atoms with Gasteiger partial charge in [-0.2, -0.15) is 0 Å². The van der Waals surface area contributed by atoms with Crippen molar-refractivity contribution in [2.45, 2.75) is 18.9 Å². The fourth-order valence-corrected chi connectivity index (χ4v) is 1.79. The van der Waals surface area contributed by atoms with E-state index in [9.17, 15) is 9.50 Å². The van der Waals surface area contributed by atoms with Crippen molar-refractivity contribution in [2.75, 3.05) is 0 Å². The molecule has 1 unspecified atom stereocenters. The van der Waals surface area contributed by atoms with E-state index in [0.717, 1.165) is 0 Å². The summed E-state index contributed by atoms with van der Waals surface area (Å²) in [6.45, 7) is 0. The van der Waals surface area contributed by atoms with Crippen molar-refractivity contribution in [1.82, 2.24) is 0 Å². The van der Waals surface area contributed by atoms with Crippen molar-refractivity contribution < 1.29 is 9.50 Å². The summed E-state index contributed by atoms with van der Waals surface area (Å²) in [6, 6.07) is 3.18. The molecule has 64 valence electrons. The second-order valence-corrected chi connectivity index (χ2v) is 3.39. The second kappa shape index (κ2) is 2.71. The lowest BCUT2D eigenvalue weighted by Crippen LogP contribution is -1.92. The van der Waals surface area contributed by atoms with Crippen LogP contribution < -0.4 is 0 Å². The maximum absolute atomic E-state index is 13.2. The van der Waals surface area contributed by atoms with Crippen LogP contribution in [0.2, 0.25) is 5.02 Å². The molecule has 1 aromatic rings. The molecule has 0 radical (unpaired) electrons. The molecule has 3 heteroatoms. The maximum Gasteiger partial charge on any atom is 0.145 e. The van der Waals surface area contributed by atoms with Gasteiger partial charge in [-0.1, -0.05) is 17.7 Å². The van der Waals surface area contributed by atoms with Gasteiger partial charge in [-0.3, -0.25) is 0 Å². The number of fused-ring (bicyclic) bond motifs is 1. The van der Waals surface area contributed by atoms with Crippen molar-refractivity contribution in [3.05, 3.63) is 34.1 Å². The summed E-state index contributed by atoms with van der Waals surface area (Å²) in [5, 5.41) is 9.53. The Bertz CT molecular complexity index is 325. The first-order chi connectivity index (χ1) is 5.70. The predicted octanol–water partition coefficient (Wildman–Crippen LogP) is 2.46. The molecular weight excluding hydrogens is 179 g/mol. The van der Waals surface area contributed by atoms with Crippen LogP contribution in [0, 0.1) is 5.82 Å². The average Bonchev–Trinajstić information content (AvgIpc) is 2.41. The summed E-state index contributed by atoms with van der Waals surface area (Å²) in [5.74, 6) is -0.370. The highest BCUT2D eigenvalue weighted by atomic mass is 35.5. The molecule has 1 atom stereocenters. The Morgan fingerprint density at radius 2 is 2.25 bits per heavy atom. The Morgan fingerprint density at radius 1 is 1.50 bits per heavy atom. The summed E-state index contributed by atoms with van der Waals surface area (Å²) in [5.41, 5.74) is 1.27. The molecule has 0 saturated carbocycles. The van der Waals surface area contributed by atoms with Crippen molar-refractivity contribution in [1.29, 1.82) is 0 Å². The summed E-state index contributed by atoms with van der Waals surface area (Å²) in [7, 11) is 0. The lowest BCUT2D eigenvalue weighted by Gasteiger charge is -2.04. The molecule has 2 rings (SSSR count). The SMILES string of the molecule is OC1CCc2c1ccc(Cl)c2F. The van der Waals surface area contributed by atoms with Gasteiger partial charge >= 0.3 is 0 Å². The Kier molecular flexibility index (Phi) is 1.81. The van der Waals surface area contributed by atoms with E-state index in [1.54, 1.807) is 6.07 Å². The second-order valence-electron chi connectivity index (χ2n) is 2.98. The Labute approximate surface area is 74.8 Å². The molecule has 0 aromatic heterocycles. The van der Waals surface area contributed by atoms with E-state index in [2.05, 4.69) is 0 Å². The van der Waals surface area contributed by atoms with Crippen LogP contribution in [0.5, 0.6) is 0 Å². The van der Waals surface area contributed by atoms with E-state index >= 15 is 0 Å². The summed E-state index contributed by atoms with van der Waals surface area (Å²) in [4.78, 5) is 0. The van der Waals surface area contributed by atoms with Gasteiger partial charge in [-0.25, -0.2) is 4.39 Å². The van der Waals surface area contributed by atoms with E-state index in [1.165, 1.54) is 6.07 Å². The highest BCUT2D eigenvalue weighted by Gasteiger charge is 2.24. The van der Waals surface area contributed by atoms with Crippen molar-refractivity contribution in [3.63, 3.8) is 0 Å². The number of hydrogen-bond acceptors (Lipinski definition) is 1. The molecule has 12 heavy (non-hydrogen) atoms. The zero-order valence-corrected chi connectivity index (χ0v) is 7.11. The van der Waals surface area contributed by atoms with Gasteiger partial charge in [0, 0.05) is 0 Å². The molecule has 1 N–H and O–H groups in total. The highest BCUT2D eigenvalue weighted by molar-refractivity contribution is 6.30. The monoisotopic (exact) mass is 186 g/mol. The van der Waals surface area contributed by atoms with Gasteiger partial charge < -0.3 is 5.11 Å². The van der Waals surface area contributed by atoms with Crippen molar-refractivity contribution in [3.8, 4) is 0 Å². The molecule has 1 aliphatic rings. The molecule has 0 amide bonds. The van der Waals surface area contributed by atoms with Crippen LogP contribution in [0.25, 0.3) is 0 Å². The molecule has 1 nitrogen and oxygen atoms in total. The van der Waals surface area contributed by atoms with Crippen LogP contribution in [0.15, 0.2) is 12.1 Å². The third kappa shape index (κ3) is 1.03. The molecule has 0 spiro atoms. The van der Waals surface area contributed by atoms with Crippen LogP contribution in [0.4, 0.5) is 4.39 Å². The highest BCUT2D eigenvalue weighted by Crippen LogP contribution is 2.34. The topological polar surface area (TPSA) is 20.2 Å². The zero-order chi connectivity index (χ0) is 8.72. The third-order valence-electron chi connectivity index (χ3n) is 2.26. The molecule has 1 aromatic carbocycles. The van der Waals surface area contributed by atoms with Gasteiger partial charge in [0.15, 0.2) is 0 Å². The lowest BCUT2D eigenvalue weighted by molar-refractivity contribution is 0.180. The van der Waals surface area contributed by atoms with Gasteiger partial charge in [0.1, 0.15) is 5.82 Å². The predicted molar refractivity (Wildman–Crippen MR) is 44.7 cm³/mol. The van der Waals surface area contributed by atoms with E-state index in [1.807, 2.05) is 0 Å². The first kappa shape index (κ1) is 8.02. The van der Waals surface area contributed by atoms with Gasteiger partial charge in [0.05, 0.1) is 11.1 Å². The number of aliphatic hydroxyl groups excluding tert-OH is 1. The van der Waals surface area contributed by atoms with Crippen LogP contribution in [-0.2, 0) is 6.42 Å². The summed E-state index contributed by atoms with van der Waals surface area (Å²) >= 11 is 5.58. The number of hydrogen-bond donors (Lipinski definition) is 1. The van der Waals surface area contributed by atoms with Crippen molar-refractivity contribution >= 4 is 11.6 Å². The molecule has 0 bridgehead atoms. The Morgan fingerprint density at radius 3 is 3.00 bits per heavy atom. The third-order valence-corrected chi connectivity index (χ3v) is 2.55. The first-order valence-electron chi connectivity index (χ1n) is 3.85. The zero-order valence-electron chi connectivity index (χ0n) is 6.35. The van der Waals surface area contributed by atoms with Crippen molar-refractivity contribution in [2.24, 2.45) is 0 Å². The first-order valence-corrected chi connectivity index (χ1v) is 4.23. The van der Waals surface area contributed by atoms with Crippen LogP contribution in [0.3, 0.4) is 0 Å². The summed E-state index contributed by atoms with van der Waals surface area (Å²) in [6.07, 6.45) is 0.682. The number of aliphatic hydroxyl groups is 1. The van der Waals surface area contributed by atoms with E-state index < -0.39 is 6.10 Å². The standard InChI is InChI=1S/C9H8ClFO/c10-7-3-1-5-6(9(7)11)2-4-8(5)12/h1,3,8,12H,2,4H2. The molecule has 0 heterocycles. The maximum atomic E-state index is 13.2. The molecule has 1 aliphatic carbocycles. The van der Waals surface area contributed by atoms with Crippen LogP contribution in [0.1, 0.15) is 23.7 Å². The number of benzene rings is 1. The number of rotatable bonds is 0. The van der Waals surface area contributed by atoms with Crippen LogP contribution in [-0.4, -0.2) is 5.11 Å². The Balaban J connectivity index is 2.60. The quantitative estimate of drug-likeness (QED) is 0.660. The smallest absolute Gasteiger partial charge is 0.145 e. The Hall–Kier alpha value is -0.600. The minimum atomic E-state index is -0.508. The fraction of sp³-hybridized carbons (Fsp3) is 0.333. The van der Waals surface area contributed by atoms with Crippen LogP contribution >= 0.6 is 11.6 Å². The largest absolute Gasteiger partial charge is 0.388 e. The fourth-order valence-electron chi connectivity index (χ4n) is 1.61. The van der Waals surface area contributed by atoms with E-state index in [0.29, 0.717) is 24.0 Å². The lowest BCUT2D eigenvalue weighted by atomic mass is 10.1. The molecular formula is C9H8ClFO. The van der Waals surface area contributed by atoms with E-state index in [4.69, 9.17) is 11.6 Å². The normalized spacial score (nSPS) is 21.1. The van der Waals surface area contributed by atoms with Gasteiger partial charge in [-0.15, -0.1) is 0 Å². The number of halogens is 2. The molecule has 0 aliphatic heterocycles. The van der Waals surface area contributed by atoms with Gasteiger partial charge in [0.25, 0.3) is 0 Å². The minimum absolute atomic E-state index is 0.142. The van der Waals surface area contributed by atoms with Gasteiger partial charge in [-0.05, 0) is 30.0 Å². The molecule has 0 saturated heterocycles.